The molecule has 6 heteroatoms. The van der Waals surface area contributed by atoms with E-state index < -0.39 is 9.55 Å². The first kappa shape index (κ1) is 12.3. The van der Waals surface area contributed by atoms with Gasteiger partial charge in [0.2, 0.25) is 0 Å². The number of aliphatic hydroxyl groups is 1. The Balaban J connectivity index is 0. The van der Waals surface area contributed by atoms with Crippen molar-refractivity contribution in [3.05, 3.63) is 0 Å². The summed E-state index contributed by atoms with van der Waals surface area (Å²) in [5.74, 6) is 0. The molecule has 0 saturated heterocycles. The van der Waals surface area contributed by atoms with Crippen molar-refractivity contribution in [3.63, 3.8) is 0 Å². The zero-order chi connectivity index (χ0) is 7.21. The molecule has 0 aliphatic heterocycles. The van der Waals surface area contributed by atoms with Crippen LogP contribution in [0.3, 0.4) is 0 Å². The molecule has 0 aromatic carbocycles. The van der Waals surface area contributed by atoms with Gasteiger partial charge in [0.05, 0.1) is 0 Å². The fourth-order valence-corrected chi connectivity index (χ4v) is 0. The van der Waals surface area contributed by atoms with E-state index in [2.05, 4.69) is 0 Å². The second kappa shape index (κ2) is 6.78. The molecule has 52 valence electrons. The second-order valence-corrected chi connectivity index (χ2v) is 20.4. The average Bonchev–Trinajstić information content (AvgIpc) is 1.27. The van der Waals surface area contributed by atoms with Crippen LogP contribution in [0.5, 0.6) is 0 Å². The van der Waals surface area contributed by atoms with E-state index in [4.69, 9.17) is 45.1 Å². The molecule has 0 bridgehead atoms. The Labute approximate surface area is 68.0 Å². The summed E-state index contributed by atoms with van der Waals surface area (Å²) in [5.41, 5.74) is 0. The minimum absolute atomic E-state index is 0.250. The van der Waals surface area contributed by atoms with E-state index >= 15 is 0 Å². The van der Waals surface area contributed by atoms with Gasteiger partial charge in [-0.15, -0.1) is 0 Å². The Kier molecular flexibility index (Phi) is 10.5. The molecule has 8 heavy (non-hydrogen) atoms. The maximum atomic E-state index is 7.57. The van der Waals surface area contributed by atoms with Crippen LogP contribution in [0.15, 0.2) is 0 Å². The molecule has 0 radical (unpaired) electrons. The first-order valence-corrected chi connectivity index (χ1v) is 12.8. The number of rotatable bonds is 0. The third kappa shape index (κ3) is 123. The Morgan fingerprint density at radius 3 is 1.25 bits per heavy atom. The van der Waals surface area contributed by atoms with Crippen molar-refractivity contribution in [2.24, 2.45) is 0 Å². The van der Waals surface area contributed by atoms with Crippen LogP contribution in [-0.2, 0) is 0 Å². The molecule has 0 unspecified atom stereocenters. The number of hydrogen-bond donors (Lipinski definition) is 1. The normalized spacial score (nSPS) is 9.75. The molecule has 0 fully saturated rings. The summed E-state index contributed by atoms with van der Waals surface area (Å²) in [6.45, 7) is 1.93. The Morgan fingerprint density at radius 2 is 1.25 bits per heavy atom. The maximum absolute atomic E-state index is 7.57. The van der Waals surface area contributed by atoms with Gasteiger partial charge >= 0.3 is 49.6 Å². The van der Waals surface area contributed by atoms with Crippen molar-refractivity contribution in [2.45, 2.75) is 6.92 Å². The summed E-state index contributed by atoms with van der Waals surface area (Å²) in [6.07, 6.45) is 0. The summed E-state index contributed by atoms with van der Waals surface area (Å²) in [6, 6.07) is 0. The van der Waals surface area contributed by atoms with Crippen molar-refractivity contribution < 1.29 is 5.11 Å². The van der Waals surface area contributed by atoms with Gasteiger partial charge in [-0.1, -0.05) is 0 Å². The van der Waals surface area contributed by atoms with Gasteiger partial charge in [-0.25, -0.2) is 0 Å². The van der Waals surface area contributed by atoms with Gasteiger partial charge < -0.3 is 5.11 Å². The Bertz CT molecular complexity index is 37.8. The fraction of sp³-hybridized carbons (Fsp3) is 1.00. The minimum atomic E-state index is -3.11. The molecule has 0 atom stereocenters. The number of aliphatic hydroxyl groups excluding tert-OH is 1. The van der Waals surface area contributed by atoms with Crippen molar-refractivity contribution in [2.75, 3.05) is 6.61 Å². The van der Waals surface area contributed by atoms with E-state index in [1.807, 2.05) is 0 Å². The van der Waals surface area contributed by atoms with Crippen LogP contribution in [0.25, 0.3) is 0 Å². The summed E-state index contributed by atoms with van der Waals surface area (Å²) in [5, 5.41) is 7.57. The molecule has 0 spiro atoms. The van der Waals surface area contributed by atoms with E-state index in [1.165, 1.54) is 0 Å². The van der Waals surface area contributed by atoms with Crippen molar-refractivity contribution in [1.82, 2.24) is 0 Å². The number of halogens is 4. The van der Waals surface area contributed by atoms with Gasteiger partial charge in [0.15, 0.2) is 0 Å². The summed E-state index contributed by atoms with van der Waals surface area (Å²) in [7, 11) is 16.9. The topological polar surface area (TPSA) is 20.2 Å². The van der Waals surface area contributed by atoms with Crippen molar-refractivity contribution in [3.8, 4) is 0 Å². The number of hydrogen-bond acceptors (Lipinski definition) is 1. The van der Waals surface area contributed by atoms with E-state index in [1.54, 1.807) is 6.92 Å². The third-order valence-corrected chi connectivity index (χ3v) is 0. The molecule has 0 saturated carbocycles. The Hall–Kier alpha value is 1.66. The summed E-state index contributed by atoms with van der Waals surface area (Å²) in [4.78, 5) is 0. The van der Waals surface area contributed by atoms with Crippen LogP contribution in [0.1, 0.15) is 6.92 Å². The van der Waals surface area contributed by atoms with Gasteiger partial charge in [-0.3, -0.25) is 0 Å². The quantitative estimate of drug-likeness (QED) is 0.663. The van der Waals surface area contributed by atoms with Crippen LogP contribution in [0.2, 0.25) is 0 Å². The molecule has 0 heterocycles. The van der Waals surface area contributed by atoms with E-state index in [9.17, 15) is 0 Å². The standard InChI is InChI=1S/C2H6O.Cl4Ge/c1-2-3;1-5(2,3)4/h3H,2H2,1H3;. The van der Waals surface area contributed by atoms with Gasteiger partial charge in [-0.05, 0) is 6.92 Å². The van der Waals surface area contributed by atoms with Crippen LogP contribution in [-0.4, -0.2) is 21.3 Å². The van der Waals surface area contributed by atoms with Crippen LogP contribution >= 0.6 is 40.0 Å². The van der Waals surface area contributed by atoms with Crippen molar-refractivity contribution in [1.29, 1.82) is 0 Å². The first-order chi connectivity index (χ1) is 3.41. The van der Waals surface area contributed by atoms with Crippen LogP contribution in [0.4, 0.5) is 0 Å². The molecule has 0 rings (SSSR count). The molecule has 0 aromatic rings. The van der Waals surface area contributed by atoms with Crippen molar-refractivity contribution >= 4 is 49.6 Å². The molecule has 1 N–H and O–H groups in total. The van der Waals surface area contributed by atoms with Crippen LogP contribution < -0.4 is 0 Å². The van der Waals surface area contributed by atoms with E-state index in [0.717, 1.165) is 0 Å². The SMILES string of the molecule is CCO.[Cl][Ge]([Cl])([Cl])[Cl]. The van der Waals surface area contributed by atoms with Gasteiger partial charge in [0, 0.05) is 6.61 Å². The summed E-state index contributed by atoms with van der Waals surface area (Å²) >= 11 is 0. The molecule has 0 amide bonds. The predicted octanol–water partition coefficient (Wildman–Crippen LogP) is 2.38. The molecule has 0 aromatic heterocycles. The fourth-order valence-electron chi connectivity index (χ4n) is 0. The molecule has 0 aliphatic rings. The van der Waals surface area contributed by atoms with Gasteiger partial charge in [0.25, 0.3) is 0 Å². The monoisotopic (exact) mass is 260 g/mol. The molecule has 1 nitrogen and oxygen atoms in total. The van der Waals surface area contributed by atoms with E-state index in [0.29, 0.717) is 0 Å². The zero-order valence-electron chi connectivity index (χ0n) is 4.17. The van der Waals surface area contributed by atoms with Gasteiger partial charge in [0.1, 0.15) is 0 Å². The van der Waals surface area contributed by atoms with E-state index in [-0.39, 0.29) is 6.61 Å². The van der Waals surface area contributed by atoms with Gasteiger partial charge in [-0.2, -0.15) is 0 Å². The zero-order valence-corrected chi connectivity index (χ0v) is 9.29. The average molecular weight is 260 g/mol. The third-order valence-electron chi connectivity index (χ3n) is 0. The second-order valence-electron chi connectivity index (χ2n) is 0.745. The van der Waals surface area contributed by atoms with Crippen LogP contribution in [0, 0.1) is 0 Å². The molecular weight excluding hydrogens is 254 g/mol. The first-order valence-electron chi connectivity index (χ1n) is 1.78. The molecular formula is C2H6Cl4GeO. The Morgan fingerprint density at radius 1 is 1.25 bits per heavy atom. The summed E-state index contributed by atoms with van der Waals surface area (Å²) < 4.78 is 0. The molecule has 0 aliphatic carbocycles. The predicted molar refractivity (Wildman–Crippen MR) is 41.9 cm³/mol.